The molecule has 1 aromatic carbocycles. The van der Waals surface area contributed by atoms with E-state index in [1.54, 1.807) is 29.2 Å². The Labute approximate surface area is 135 Å². The number of hydrogen-bond donors (Lipinski definition) is 2. The van der Waals surface area contributed by atoms with Gasteiger partial charge in [-0.3, -0.25) is 4.90 Å². The van der Waals surface area contributed by atoms with Crippen molar-refractivity contribution in [2.24, 2.45) is 0 Å². The van der Waals surface area contributed by atoms with E-state index in [-0.39, 0.29) is 12.4 Å². The van der Waals surface area contributed by atoms with Gasteiger partial charge in [0.2, 0.25) is 0 Å². The van der Waals surface area contributed by atoms with Crippen molar-refractivity contribution in [3.8, 4) is 5.75 Å². The monoisotopic (exact) mass is 336 g/mol. The van der Waals surface area contributed by atoms with Crippen LogP contribution in [-0.4, -0.2) is 55.3 Å². The fraction of sp³-hybridized carbons (Fsp3) is 0.600. The molecule has 0 saturated carbocycles. The van der Waals surface area contributed by atoms with Gasteiger partial charge in [-0.15, -0.1) is 12.4 Å². The van der Waals surface area contributed by atoms with Crippen LogP contribution in [-0.2, 0) is 0 Å². The van der Waals surface area contributed by atoms with Gasteiger partial charge in [0, 0.05) is 31.7 Å². The maximum atomic E-state index is 14.3. The van der Waals surface area contributed by atoms with Crippen LogP contribution in [0.15, 0.2) is 24.3 Å². The molecule has 7 heteroatoms. The highest BCUT2D eigenvalue weighted by Gasteiger charge is 2.45. The molecule has 1 aromatic rings. The van der Waals surface area contributed by atoms with Gasteiger partial charge in [-0.25, -0.2) is 8.78 Å². The summed E-state index contributed by atoms with van der Waals surface area (Å²) in [5.74, 6) is -2.76. The van der Waals surface area contributed by atoms with Crippen LogP contribution in [0, 0.1) is 0 Å². The first-order chi connectivity index (χ1) is 10.1. The zero-order chi connectivity index (χ0) is 15.3. The van der Waals surface area contributed by atoms with Gasteiger partial charge in [-0.2, -0.15) is 0 Å². The Morgan fingerprint density at radius 2 is 1.95 bits per heavy atom. The number of halogens is 3. The van der Waals surface area contributed by atoms with E-state index in [2.05, 4.69) is 5.32 Å². The number of hydrogen-bond acceptors (Lipinski definition) is 4. The molecule has 4 nitrogen and oxygen atoms in total. The zero-order valence-electron chi connectivity index (χ0n) is 12.6. The topological polar surface area (TPSA) is 44.7 Å². The Morgan fingerprint density at radius 1 is 1.32 bits per heavy atom. The van der Waals surface area contributed by atoms with E-state index in [4.69, 9.17) is 9.84 Å². The van der Waals surface area contributed by atoms with E-state index < -0.39 is 18.6 Å². The molecule has 126 valence electrons. The summed E-state index contributed by atoms with van der Waals surface area (Å²) in [6, 6.07) is 5.66. The first kappa shape index (κ1) is 19.1. The second-order valence-electron chi connectivity index (χ2n) is 5.08. The van der Waals surface area contributed by atoms with Crippen LogP contribution in [0.4, 0.5) is 8.78 Å². The number of aliphatic hydroxyl groups excluding tert-OH is 1. The average Bonchev–Trinajstić information content (AvgIpc) is 2.50. The van der Waals surface area contributed by atoms with Crippen molar-refractivity contribution in [1.29, 1.82) is 0 Å². The molecular weight excluding hydrogens is 314 g/mol. The Bertz CT molecular complexity index is 457. The average molecular weight is 337 g/mol. The maximum absolute atomic E-state index is 14.3. The number of nitrogens with zero attached hydrogens (tertiary/aromatic N) is 1. The van der Waals surface area contributed by atoms with Crippen LogP contribution in [0.3, 0.4) is 0 Å². The van der Waals surface area contributed by atoms with Crippen molar-refractivity contribution < 1.29 is 18.6 Å². The lowest BCUT2D eigenvalue weighted by atomic mass is 9.97. The normalized spacial score (nSPS) is 17.6. The third-order valence-corrected chi connectivity index (χ3v) is 3.64. The van der Waals surface area contributed by atoms with Gasteiger partial charge in [0.05, 0.1) is 6.61 Å². The molecule has 22 heavy (non-hydrogen) atoms. The second-order valence-corrected chi connectivity index (χ2v) is 5.08. The van der Waals surface area contributed by atoms with Gasteiger partial charge < -0.3 is 15.2 Å². The van der Waals surface area contributed by atoms with Crippen LogP contribution in [0.5, 0.6) is 5.75 Å². The second kappa shape index (κ2) is 8.62. The molecule has 2 N–H and O–H groups in total. The van der Waals surface area contributed by atoms with Crippen molar-refractivity contribution in [2.45, 2.75) is 18.9 Å². The summed E-state index contributed by atoms with van der Waals surface area (Å²) in [6.45, 7) is 3.41. The van der Waals surface area contributed by atoms with Crippen LogP contribution in [0.25, 0.3) is 0 Å². The molecule has 1 heterocycles. The van der Waals surface area contributed by atoms with E-state index in [0.29, 0.717) is 44.1 Å². The van der Waals surface area contributed by atoms with Crippen molar-refractivity contribution in [3.63, 3.8) is 0 Å². The number of para-hydroxylation sites is 1. The van der Waals surface area contributed by atoms with E-state index >= 15 is 0 Å². The molecule has 1 aliphatic heterocycles. The minimum absolute atomic E-state index is 0. The molecule has 1 atom stereocenters. The van der Waals surface area contributed by atoms with E-state index in [0.717, 1.165) is 0 Å². The van der Waals surface area contributed by atoms with Crippen LogP contribution in [0.1, 0.15) is 18.5 Å². The zero-order valence-corrected chi connectivity index (χ0v) is 13.4. The highest BCUT2D eigenvalue weighted by atomic mass is 35.5. The Morgan fingerprint density at radius 3 is 2.55 bits per heavy atom. The van der Waals surface area contributed by atoms with Gasteiger partial charge in [0.1, 0.15) is 18.4 Å². The summed E-state index contributed by atoms with van der Waals surface area (Å²) in [6.07, 6.45) is 0. The fourth-order valence-electron chi connectivity index (χ4n) is 2.71. The fourth-order valence-corrected chi connectivity index (χ4v) is 2.71. The molecule has 0 unspecified atom stereocenters. The molecule has 0 bridgehead atoms. The highest BCUT2D eigenvalue weighted by molar-refractivity contribution is 5.85. The third-order valence-electron chi connectivity index (χ3n) is 3.64. The quantitative estimate of drug-likeness (QED) is 0.835. The van der Waals surface area contributed by atoms with Gasteiger partial charge in [0.25, 0.3) is 5.92 Å². The van der Waals surface area contributed by atoms with Crippen LogP contribution >= 0.6 is 12.4 Å². The van der Waals surface area contributed by atoms with E-state index in [1.165, 1.54) is 0 Å². The summed E-state index contributed by atoms with van der Waals surface area (Å²) >= 11 is 0. The molecule has 1 fully saturated rings. The Hall–Kier alpha value is -0.950. The lowest BCUT2D eigenvalue weighted by molar-refractivity contribution is -0.119. The van der Waals surface area contributed by atoms with Crippen LogP contribution in [0.2, 0.25) is 0 Å². The van der Waals surface area contributed by atoms with Crippen molar-refractivity contribution in [2.75, 3.05) is 39.4 Å². The predicted octanol–water partition coefficient (Wildman–Crippen LogP) is 2.08. The first-order valence-electron chi connectivity index (χ1n) is 7.25. The number of nitrogens with one attached hydrogen (secondary N) is 1. The van der Waals surface area contributed by atoms with Crippen molar-refractivity contribution in [3.05, 3.63) is 29.8 Å². The largest absolute Gasteiger partial charge is 0.494 e. The third kappa shape index (κ3) is 4.29. The number of alkyl halides is 2. The lowest BCUT2D eigenvalue weighted by Gasteiger charge is -2.39. The molecule has 1 aliphatic rings. The summed E-state index contributed by atoms with van der Waals surface area (Å²) < 4.78 is 34.2. The molecule has 0 amide bonds. The first-order valence-corrected chi connectivity index (χ1v) is 7.25. The minimum atomic E-state index is -3.22. The number of benzene rings is 1. The van der Waals surface area contributed by atoms with Crippen molar-refractivity contribution >= 4 is 12.4 Å². The minimum Gasteiger partial charge on any atom is -0.494 e. The molecule has 2 rings (SSSR count). The lowest BCUT2D eigenvalue weighted by Crippen LogP contribution is -2.51. The number of ether oxygens (including phenoxy) is 1. The van der Waals surface area contributed by atoms with Crippen molar-refractivity contribution in [1.82, 2.24) is 10.2 Å². The van der Waals surface area contributed by atoms with Gasteiger partial charge in [0.15, 0.2) is 0 Å². The van der Waals surface area contributed by atoms with Gasteiger partial charge in [-0.1, -0.05) is 18.2 Å². The number of piperazine rings is 1. The summed E-state index contributed by atoms with van der Waals surface area (Å²) in [5.41, 5.74) is 0.431. The molecule has 0 aliphatic carbocycles. The Balaban J connectivity index is 0.00000242. The summed E-state index contributed by atoms with van der Waals surface area (Å²) in [5, 5.41) is 12.3. The number of aliphatic hydroxyl groups is 1. The molecule has 0 radical (unpaired) electrons. The summed E-state index contributed by atoms with van der Waals surface area (Å²) in [7, 11) is 0. The van der Waals surface area contributed by atoms with Crippen LogP contribution < -0.4 is 10.1 Å². The molecule has 0 aromatic heterocycles. The van der Waals surface area contributed by atoms with E-state index in [9.17, 15) is 8.78 Å². The molecule has 1 saturated heterocycles. The maximum Gasteiger partial charge on any atom is 0.290 e. The predicted molar refractivity (Wildman–Crippen MR) is 84.1 cm³/mol. The SMILES string of the molecule is CCOc1ccccc1[C@@H](N1CCNCC1)C(F)(F)CO.Cl. The van der Waals surface area contributed by atoms with Gasteiger partial charge >= 0.3 is 0 Å². The molecular formula is C15H23ClF2N2O2. The van der Waals surface area contributed by atoms with Gasteiger partial charge in [-0.05, 0) is 13.0 Å². The summed E-state index contributed by atoms with van der Waals surface area (Å²) in [4.78, 5) is 1.71. The molecule has 0 spiro atoms. The Kier molecular flexibility index (Phi) is 7.48. The number of rotatable bonds is 6. The standard InChI is InChI=1S/C15H22F2N2O2.ClH/c1-2-21-13-6-4-3-5-12(13)14(15(16,17)11-20)19-9-7-18-8-10-19;/h3-6,14,18,20H,2,7-11H2,1H3;1H/t14-;/m1./s1. The van der Waals surface area contributed by atoms with E-state index in [1.807, 2.05) is 6.92 Å². The smallest absolute Gasteiger partial charge is 0.290 e. The highest BCUT2D eigenvalue weighted by Crippen LogP contribution is 2.40.